The van der Waals surface area contributed by atoms with Crippen molar-refractivity contribution in [3.05, 3.63) is 52.7 Å². The molecular formula is C15H14N4O2S. The Morgan fingerprint density at radius 2 is 2.05 bits per heavy atom. The lowest BCUT2D eigenvalue weighted by atomic mass is 10.2. The van der Waals surface area contributed by atoms with Crippen LogP contribution in [0, 0.1) is 11.7 Å². The van der Waals surface area contributed by atoms with Crippen LogP contribution in [0.5, 0.6) is 5.75 Å². The predicted molar refractivity (Wildman–Crippen MR) is 85.8 cm³/mol. The topological polar surface area (TPSA) is 68.3 Å². The second kappa shape index (κ2) is 5.98. The Kier molecular flexibility index (Phi) is 3.88. The van der Waals surface area contributed by atoms with Gasteiger partial charge in [0.15, 0.2) is 5.82 Å². The average molecular weight is 314 g/mol. The maximum Gasteiger partial charge on any atom is 0.216 e. The number of H-pyrrole nitrogens is 1. The number of nitrogens with one attached hydrogen (secondary N) is 1. The maximum atomic E-state index is 5.45. The highest BCUT2D eigenvalue weighted by Crippen LogP contribution is 2.20. The van der Waals surface area contributed by atoms with Crippen LogP contribution < -0.4 is 4.74 Å². The molecule has 1 aromatic carbocycles. The molecule has 0 atom stereocenters. The fourth-order valence-electron chi connectivity index (χ4n) is 1.96. The van der Waals surface area contributed by atoms with Gasteiger partial charge in [0.1, 0.15) is 17.3 Å². The fourth-order valence-corrected chi connectivity index (χ4v) is 2.14. The van der Waals surface area contributed by atoms with Crippen LogP contribution in [-0.2, 0) is 0 Å². The molecule has 0 aliphatic rings. The predicted octanol–water partition coefficient (Wildman–Crippen LogP) is 3.40. The van der Waals surface area contributed by atoms with Gasteiger partial charge in [-0.15, -0.1) is 0 Å². The minimum Gasteiger partial charge on any atom is -0.497 e. The van der Waals surface area contributed by atoms with Crippen molar-refractivity contribution in [2.45, 2.75) is 6.92 Å². The van der Waals surface area contributed by atoms with Crippen LogP contribution in [0.3, 0.4) is 0 Å². The maximum absolute atomic E-state index is 5.45. The van der Waals surface area contributed by atoms with E-state index in [-0.39, 0.29) is 0 Å². The van der Waals surface area contributed by atoms with Crippen molar-refractivity contribution in [3.8, 4) is 17.1 Å². The van der Waals surface area contributed by atoms with E-state index >= 15 is 0 Å². The van der Waals surface area contributed by atoms with Gasteiger partial charge in [0.2, 0.25) is 4.77 Å². The second-order valence-corrected chi connectivity index (χ2v) is 4.97. The number of aromatic nitrogens is 3. The highest BCUT2D eigenvalue weighted by Gasteiger charge is 2.08. The number of furan rings is 1. The molecule has 0 aliphatic carbocycles. The van der Waals surface area contributed by atoms with E-state index in [2.05, 4.69) is 15.3 Å². The van der Waals surface area contributed by atoms with E-state index in [9.17, 15) is 0 Å². The van der Waals surface area contributed by atoms with Crippen molar-refractivity contribution in [1.29, 1.82) is 0 Å². The first-order chi connectivity index (χ1) is 10.7. The molecule has 112 valence electrons. The Morgan fingerprint density at radius 1 is 1.27 bits per heavy atom. The van der Waals surface area contributed by atoms with E-state index in [0.717, 1.165) is 17.1 Å². The summed E-state index contributed by atoms with van der Waals surface area (Å²) in [6.07, 6.45) is 1.60. The number of hydrogen-bond acceptors (Lipinski definition) is 5. The first-order valence-electron chi connectivity index (χ1n) is 6.60. The minimum atomic E-state index is 0.408. The highest BCUT2D eigenvalue weighted by molar-refractivity contribution is 7.71. The molecule has 0 fully saturated rings. The van der Waals surface area contributed by atoms with Gasteiger partial charge in [0, 0.05) is 5.56 Å². The van der Waals surface area contributed by atoms with Crippen LogP contribution in [0.4, 0.5) is 0 Å². The number of rotatable bonds is 4. The van der Waals surface area contributed by atoms with Gasteiger partial charge in [-0.2, -0.15) is 14.9 Å². The Balaban J connectivity index is 1.96. The third-order valence-corrected chi connectivity index (χ3v) is 3.32. The fraction of sp³-hybridized carbons (Fsp3) is 0.133. The number of ether oxygens (including phenoxy) is 1. The molecular weight excluding hydrogens is 300 g/mol. The van der Waals surface area contributed by atoms with Crippen molar-refractivity contribution in [2.75, 3.05) is 7.11 Å². The summed E-state index contributed by atoms with van der Waals surface area (Å²) in [5, 5.41) is 11.3. The molecule has 0 amide bonds. The quantitative estimate of drug-likeness (QED) is 0.592. The summed E-state index contributed by atoms with van der Waals surface area (Å²) in [6.45, 7) is 1.88. The Bertz CT molecular complexity index is 858. The van der Waals surface area contributed by atoms with Gasteiger partial charge in [-0.3, -0.25) is 0 Å². The van der Waals surface area contributed by atoms with Gasteiger partial charge in [0.25, 0.3) is 0 Å². The zero-order valence-electron chi connectivity index (χ0n) is 12.1. The summed E-state index contributed by atoms with van der Waals surface area (Å²) in [4.78, 5) is 0. The average Bonchev–Trinajstić information content (AvgIpc) is 3.11. The number of methoxy groups -OCH3 is 1. The molecule has 3 aromatic rings. The number of aryl methyl sites for hydroxylation is 1. The van der Waals surface area contributed by atoms with Crippen LogP contribution >= 0.6 is 12.2 Å². The molecule has 0 spiro atoms. The van der Waals surface area contributed by atoms with E-state index in [1.54, 1.807) is 18.0 Å². The van der Waals surface area contributed by atoms with E-state index < -0.39 is 0 Å². The molecule has 0 saturated heterocycles. The van der Waals surface area contributed by atoms with Gasteiger partial charge in [0.05, 0.1) is 13.3 Å². The highest BCUT2D eigenvalue weighted by atomic mass is 32.1. The van der Waals surface area contributed by atoms with Gasteiger partial charge in [-0.05, 0) is 55.5 Å². The van der Waals surface area contributed by atoms with Gasteiger partial charge < -0.3 is 9.15 Å². The SMILES string of the molecule is COc1ccc(-c2n[nH]c(=S)n2/N=C/c2ccc(C)o2)cc1. The smallest absolute Gasteiger partial charge is 0.216 e. The van der Waals surface area contributed by atoms with Crippen molar-refractivity contribution in [2.24, 2.45) is 5.10 Å². The lowest BCUT2D eigenvalue weighted by Gasteiger charge is -2.02. The van der Waals surface area contributed by atoms with Gasteiger partial charge in [-0.1, -0.05) is 0 Å². The zero-order chi connectivity index (χ0) is 15.5. The summed E-state index contributed by atoms with van der Waals surface area (Å²) in [5.74, 6) is 2.88. The second-order valence-electron chi connectivity index (χ2n) is 4.59. The van der Waals surface area contributed by atoms with E-state index in [1.165, 1.54) is 0 Å². The zero-order valence-corrected chi connectivity index (χ0v) is 12.9. The lowest BCUT2D eigenvalue weighted by Crippen LogP contribution is -1.94. The van der Waals surface area contributed by atoms with Crippen LogP contribution in [0.1, 0.15) is 11.5 Å². The van der Waals surface area contributed by atoms with Crippen LogP contribution in [0.2, 0.25) is 0 Å². The van der Waals surface area contributed by atoms with Crippen molar-refractivity contribution in [3.63, 3.8) is 0 Å². The van der Waals surface area contributed by atoms with Gasteiger partial charge in [-0.25, -0.2) is 5.10 Å². The molecule has 0 saturated carbocycles. The van der Waals surface area contributed by atoms with Gasteiger partial charge >= 0.3 is 0 Å². The third kappa shape index (κ3) is 2.84. The van der Waals surface area contributed by atoms with Crippen LogP contribution in [0.25, 0.3) is 11.4 Å². The van der Waals surface area contributed by atoms with Crippen molar-refractivity contribution >= 4 is 18.4 Å². The molecule has 0 unspecified atom stereocenters. The standard InChI is InChI=1S/C15H14N4O2S/c1-10-3-6-13(21-10)9-16-19-14(17-18-15(19)22)11-4-7-12(20-2)8-5-11/h3-9H,1-2H3,(H,18,22)/b16-9+. The Morgan fingerprint density at radius 3 is 2.68 bits per heavy atom. The summed E-state index contributed by atoms with van der Waals surface area (Å²) < 4.78 is 12.6. The summed E-state index contributed by atoms with van der Waals surface area (Å²) in [6, 6.07) is 11.2. The van der Waals surface area contributed by atoms with E-state index in [0.29, 0.717) is 16.4 Å². The van der Waals surface area contributed by atoms with Crippen molar-refractivity contribution in [1.82, 2.24) is 14.9 Å². The Labute approximate surface area is 132 Å². The third-order valence-electron chi connectivity index (χ3n) is 3.06. The minimum absolute atomic E-state index is 0.408. The molecule has 7 heteroatoms. The molecule has 1 N–H and O–H groups in total. The Hall–Kier alpha value is -2.67. The molecule has 3 rings (SSSR count). The largest absolute Gasteiger partial charge is 0.497 e. The molecule has 0 radical (unpaired) electrons. The number of nitrogens with zero attached hydrogens (tertiary/aromatic N) is 3. The summed E-state index contributed by atoms with van der Waals surface area (Å²) in [5.41, 5.74) is 0.876. The molecule has 6 nitrogen and oxygen atoms in total. The molecule has 0 aliphatic heterocycles. The molecule has 2 heterocycles. The number of hydrogen-bond donors (Lipinski definition) is 1. The summed E-state index contributed by atoms with van der Waals surface area (Å²) in [7, 11) is 1.63. The van der Waals surface area contributed by atoms with Crippen molar-refractivity contribution < 1.29 is 9.15 Å². The molecule has 2 aromatic heterocycles. The van der Waals surface area contributed by atoms with Crippen LogP contribution in [-0.4, -0.2) is 28.2 Å². The normalized spacial score (nSPS) is 11.2. The monoisotopic (exact) mass is 314 g/mol. The number of benzene rings is 1. The first kappa shape index (κ1) is 14.3. The first-order valence-corrected chi connectivity index (χ1v) is 7.01. The summed E-state index contributed by atoms with van der Waals surface area (Å²) >= 11 is 5.22. The molecule has 0 bridgehead atoms. The van der Waals surface area contributed by atoms with E-state index in [4.69, 9.17) is 21.4 Å². The lowest BCUT2D eigenvalue weighted by molar-refractivity contribution is 0.415. The number of aromatic amines is 1. The molecule has 22 heavy (non-hydrogen) atoms. The van der Waals surface area contributed by atoms with E-state index in [1.807, 2.05) is 43.3 Å². The van der Waals surface area contributed by atoms with Crippen LogP contribution in [0.15, 0.2) is 45.9 Å².